The van der Waals surface area contributed by atoms with Crippen LogP contribution >= 0.6 is 0 Å². The van der Waals surface area contributed by atoms with Crippen LogP contribution < -0.4 is 5.73 Å². The van der Waals surface area contributed by atoms with Gasteiger partial charge in [0.25, 0.3) is 0 Å². The molecule has 98 valence electrons. The van der Waals surface area contributed by atoms with Gasteiger partial charge >= 0.3 is 0 Å². The molecule has 0 aliphatic heterocycles. The summed E-state index contributed by atoms with van der Waals surface area (Å²) in [5, 5.41) is 0. The lowest BCUT2D eigenvalue weighted by Crippen LogP contribution is -2.22. The predicted molar refractivity (Wildman–Crippen MR) is 73.0 cm³/mol. The van der Waals surface area contributed by atoms with E-state index in [4.69, 9.17) is 5.73 Å². The normalized spacial score (nSPS) is 15.5. The van der Waals surface area contributed by atoms with E-state index in [-0.39, 0.29) is 0 Å². The topological polar surface area (TPSA) is 43.8 Å². The summed E-state index contributed by atoms with van der Waals surface area (Å²) in [4.78, 5) is 4.31. The SMILES string of the molecule is CC(C)CC(C)n1cncc1C(CN)C(C)C. The molecule has 0 radical (unpaired) electrons. The molecule has 0 spiro atoms. The summed E-state index contributed by atoms with van der Waals surface area (Å²) >= 11 is 0. The number of hydrogen-bond donors (Lipinski definition) is 1. The standard InChI is InChI=1S/C14H27N3/c1-10(2)6-12(5)17-9-16-8-14(17)13(7-15)11(3)4/h8-13H,6-7,15H2,1-5H3. The van der Waals surface area contributed by atoms with Crippen LogP contribution in [-0.2, 0) is 0 Å². The third-order valence-corrected chi connectivity index (χ3v) is 3.42. The van der Waals surface area contributed by atoms with Crippen molar-refractivity contribution in [2.24, 2.45) is 17.6 Å². The Labute approximate surface area is 105 Å². The van der Waals surface area contributed by atoms with Crippen molar-refractivity contribution in [2.45, 2.75) is 53.0 Å². The maximum Gasteiger partial charge on any atom is 0.0950 e. The van der Waals surface area contributed by atoms with Gasteiger partial charge in [0.1, 0.15) is 0 Å². The van der Waals surface area contributed by atoms with Crippen molar-refractivity contribution in [3.05, 3.63) is 18.2 Å². The van der Waals surface area contributed by atoms with Gasteiger partial charge in [-0.3, -0.25) is 0 Å². The van der Waals surface area contributed by atoms with Crippen LogP contribution in [0.4, 0.5) is 0 Å². The largest absolute Gasteiger partial charge is 0.331 e. The maximum atomic E-state index is 5.89. The average Bonchev–Trinajstić information content (AvgIpc) is 2.66. The second kappa shape index (κ2) is 6.20. The fourth-order valence-electron chi connectivity index (χ4n) is 2.50. The van der Waals surface area contributed by atoms with Crippen molar-refractivity contribution < 1.29 is 0 Å². The molecule has 17 heavy (non-hydrogen) atoms. The summed E-state index contributed by atoms with van der Waals surface area (Å²) in [7, 11) is 0. The zero-order valence-corrected chi connectivity index (χ0v) is 11.9. The minimum Gasteiger partial charge on any atom is -0.331 e. The molecule has 0 aliphatic rings. The van der Waals surface area contributed by atoms with Gasteiger partial charge < -0.3 is 10.3 Å². The van der Waals surface area contributed by atoms with Crippen LogP contribution in [0.3, 0.4) is 0 Å². The summed E-state index contributed by atoms with van der Waals surface area (Å²) in [6.45, 7) is 11.9. The van der Waals surface area contributed by atoms with E-state index in [1.807, 2.05) is 12.5 Å². The third kappa shape index (κ3) is 3.56. The molecule has 1 aromatic rings. The molecule has 1 aromatic heterocycles. The number of aromatic nitrogens is 2. The Morgan fingerprint density at radius 3 is 2.35 bits per heavy atom. The zero-order chi connectivity index (χ0) is 13.0. The van der Waals surface area contributed by atoms with Gasteiger partial charge in [0.2, 0.25) is 0 Å². The van der Waals surface area contributed by atoms with Crippen molar-refractivity contribution in [1.29, 1.82) is 0 Å². The molecule has 0 amide bonds. The highest BCUT2D eigenvalue weighted by molar-refractivity contribution is 5.09. The summed E-state index contributed by atoms with van der Waals surface area (Å²) < 4.78 is 2.30. The third-order valence-electron chi connectivity index (χ3n) is 3.42. The zero-order valence-electron chi connectivity index (χ0n) is 11.9. The fraction of sp³-hybridized carbons (Fsp3) is 0.786. The van der Waals surface area contributed by atoms with Gasteiger partial charge in [-0.05, 0) is 25.2 Å². The molecule has 0 aromatic carbocycles. The van der Waals surface area contributed by atoms with Crippen molar-refractivity contribution in [2.75, 3.05) is 6.54 Å². The van der Waals surface area contributed by atoms with Crippen LogP contribution in [-0.4, -0.2) is 16.1 Å². The van der Waals surface area contributed by atoms with E-state index < -0.39 is 0 Å². The quantitative estimate of drug-likeness (QED) is 0.825. The number of rotatable bonds is 6. The van der Waals surface area contributed by atoms with Gasteiger partial charge in [-0.25, -0.2) is 4.98 Å². The number of nitrogens with zero attached hydrogens (tertiary/aromatic N) is 2. The van der Waals surface area contributed by atoms with Gasteiger partial charge in [-0.15, -0.1) is 0 Å². The van der Waals surface area contributed by atoms with Gasteiger partial charge in [0.05, 0.1) is 6.33 Å². The Morgan fingerprint density at radius 2 is 1.88 bits per heavy atom. The van der Waals surface area contributed by atoms with Gasteiger partial charge in [-0.2, -0.15) is 0 Å². The first-order chi connectivity index (χ1) is 7.97. The summed E-state index contributed by atoms with van der Waals surface area (Å²) in [5.74, 6) is 1.67. The van der Waals surface area contributed by atoms with Crippen molar-refractivity contribution in [3.63, 3.8) is 0 Å². The van der Waals surface area contributed by atoms with Gasteiger partial charge in [0, 0.05) is 30.4 Å². The van der Waals surface area contributed by atoms with Gasteiger partial charge in [0.15, 0.2) is 0 Å². The average molecular weight is 237 g/mol. The van der Waals surface area contributed by atoms with E-state index in [2.05, 4.69) is 44.2 Å². The highest BCUT2D eigenvalue weighted by Gasteiger charge is 2.20. The van der Waals surface area contributed by atoms with E-state index in [1.165, 1.54) is 12.1 Å². The highest BCUT2D eigenvalue weighted by Crippen LogP contribution is 2.27. The Morgan fingerprint density at radius 1 is 1.24 bits per heavy atom. The molecule has 0 saturated carbocycles. The lowest BCUT2D eigenvalue weighted by molar-refractivity contribution is 0.394. The molecule has 3 nitrogen and oxygen atoms in total. The van der Waals surface area contributed by atoms with Crippen molar-refractivity contribution in [3.8, 4) is 0 Å². The summed E-state index contributed by atoms with van der Waals surface area (Å²) in [6.07, 6.45) is 5.11. The maximum absolute atomic E-state index is 5.89. The highest BCUT2D eigenvalue weighted by atomic mass is 15.1. The second-order valence-corrected chi connectivity index (χ2v) is 5.79. The molecule has 1 rings (SSSR count). The van der Waals surface area contributed by atoms with E-state index in [0.29, 0.717) is 30.3 Å². The Bertz CT molecular complexity index is 328. The summed E-state index contributed by atoms with van der Waals surface area (Å²) in [5.41, 5.74) is 7.18. The van der Waals surface area contributed by atoms with Crippen molar-refractivity contribution in [1.82, 2.24) is 9.55 Å². The molecular formula is C14H27N3. The van der Waals surface area contributed by atoms with Crippen LogP contribution in [0.25, 0.3) is 0 Å². The Balaban J connectivity index is 2.91. The minimum atomic E-state index is 0.409. The first kappa shape index (κ1) is 14.2. The number of imidazole rings is 1. The molecule has 0 bridgehead atoms. The predicted octanol–water partition coefficient (Wildman–Crippen LogP) is 3.19. The monoisotopic (exact) mass is 237 g/mol. The lowest BCUT2D eigenvalue weighted by Gasteiger charge is -2.24. The van der Waals surface area contributed by atoms with E-state index in [1.54, 1.807) is 0 Å². The Hall–Kier alpha value is -0.830. The van der Waals surface area contributed by atoms with E-state index in [9.17, 15) is 0 Å². The molecule has 3 heteroatoms. The molecular weight excluding hydrogens is 210 g/mol. The molecule has 2 N–H and O–H groups in total. The van der Waals surface area contributed by atoms with Crippen LogP contribution in [0.15, 0.2) is 12.5 Å². The molecule has 2 unspecified atom stereocenters. The van der Waals surface area contributed by atoms with Crippen LogP contribution in [0.1, 0.15) is 58.7 Å². The van der Waals surface area contributed by atoms with Crippen LogP contribution in [0.2, 0.25) is 0 Å². The first-order valence-electron chi connectivity index (χ1n) is 6.69. The molecule has 1 heterocycles. The molecule has 0 saturated heterocycles. The fourth-order valence-corrected chi connectivity index (χ4v) is 2.50. The first-order valence-corrected chi connectivity index (χ1v) is 6.69. The molecule has 0 fully saturated rings. The van der Waals surface area contributed by atoms with Gasteiger partial charge in [-0.1, -0.05) is 27.7 Å². The molecule has 0 aliphatic carbocycles. The van der Waals surface area contributed by atoms with Crippen LogP contribution in [0, 0.1) is 11.8 Å². The second-order valence-electron chi connectivity index (χ2n) is 5.79. The number of nitrogens with two attached hydrogens (primary N) is 1. The van der Waals surface area contributed by atoms with Crippen molar-refractivity contribution >= 4 is 0 Å². The lowest BCUT2D eigenvalue weighted by atomic mass is 9.92. The number of hydrogen-bond acceptors (Lipinski definition) is 2. The Kier molecular flexibility index (Phi) is 5.19. The van der Waals surface area contributed by atoms with E-state index >= 15 is 0 Å². The summed E-state index contributed by atoms with van der Waals surface area (Å²) in [6, 6.07) is 0.500. The van der Waals surface area contributed by atoms with E-state index in [0.717, 1.165) is 0 Å². The smallest absolute Gasteiger partial charge is 0.0950 e. The minimum absolute atomic E-state index is 0.409. The molecule has 2 atom stereocenters. The van der Waals surface area contributed by atoms with Crippen LogP contribution in [0.5, 0.6) is 0 Å².